The second-order valence-electron chi connectivity index (χ2n) is 5.87. The number of carbonyl (C=O) groups excluding carboxylic acids is 1. The fourth-order valence-corrected chi connectivity index (χ4v) is 2.69. The molecule has 1 aliphatic heterocycles. The number of nitrogens with zero attached hydrogens (tertiary/aromatic N) is 1. The van der Waals surface area contributed by atoms with Gasteiger partial charge >= 0.3 is 0 Å². The SMILES string of the molecule is CC(N)C1CCN(CC(=O)NCCc2ccc(F)cc2)C1.Cl. The van der Waals surface area contributed by atoms with Gasteiger partial charge in [-0.2, -0.15) is 0 Å². The van der Waals surface area contributed by atoms with E-state index in [0.29, 0.717) is 25.4 Å². The van der Waals surface area contributed by atoms with Crippen LogP contribution in [0.3, 0.4) is 0 Å². The van der Waals surface area contributed by atoms with E-state index >= 15 is 0 Å². The molecule has 0 spiro atoms. The van der Waals surface area contributed by atoms with Crippen LogP contribution < -0.4 is 11.1 Å². The first-order valence-electron chi connectivity index (χ1n) is 7.53. The molecule has 1 saturated heterocycles. The molecule has 1 aliphatic rings. The van der Waals surface area contributed by atoms with Gasteiger partial charge in [-0.25, -0.2) is 4.39 Å². The van der Waals surface area contributed by atoms with Gasteiger partial charge < -0.3 is 11.1 Å². The maximum atomic E-state index is 12.8. The highest BCUT2D eigenvalue weighted by atomic mass is 35.5. The molecule has 2 atom stereocenters. The first kappa shape index (κ1) is 18.9. The molecule has 0 saturated carbocycles. The predicted molar refractivity (Wildman–Crippen MR) is 88.6 cm³/mol. The largest absolute Gasteiger partial charge is 0.355 e. The summed E-state index contributed by atoms with van der Waals surface area (Å²) in [4.78, 5) is 14.0. The van der Waals surface area contributed by atoms with Crippen molar-refractivity contribution in [2.75, 3.05) is 26.2 Å². The fourth-order valence-electron chi connectivity index (χ4n) is 2.69. The molecule has 2 rings (SSSR count). The number of benzene rings is 1. The number of likely N-dealkylation sites (tertiary alicyclic amines) is 1. The number of hydrogen-bond donors (Lipinski definition) is 2. The lowest BCUT2D eigenvalue weighted by atomic mass is 10.0. The van der Waals surface area contributed by atoms with Crippen LogP contribution in [-0.2, 0) is 11.2 Å². The molecule has 124 valence electrons. The number of rotatable bonds is 6. The molecule has 6 heteroatoms. The number of halogens is 2. The predicted octanol–water partition coefficient (Wildman–Crippen LogP) is 1.58. The summed E-state index contributed by atoms with van der Waals surface area (Å²) in [6.45, 7) is 4.89. The first-order chi connectivity index (χ1) is 10.0. The Morgan fingerprint density at radius 3 is 2.73 bits per heavy atom. The van der Waals surface area contributed by atoms with Gasteiger partial charge in [-0.05, 0) is 49.9 Å². The molecule has 0 aromatic heterocycles. The Labute approximate surface area is 137 Å². The van der Waals surface area contributed by atoms with Crippen molar-refractivity contribution in [1.82, 2.24) is 10.2 Å². The molecule has 1 fully saturated rings. The Hall–Kier alpha value is -1.17. The smallest absolute Gasteiger partial charge is 0.234 e. The monoisotopic (exact) mass is 329 g/mol. The molecule has 1 aromatic rings. The van der Waals surface area contributed by atoms with Crippen LogP contribution in [0.25, 0.3) is 0 Å². The van der Waals surface area contributed by atoms with Crippen LogP contribution in [0, 0.1) is 11.7 Å². The number of amides is 1. The van der Waals surface area contributed by atoms with Gasteiger partial charge in [-0.15, -0.1) is 12.4 Å². The molecule has 1 heterocycles. The number of nitrogens with one attached hydrogen (secondary N) is 1. The molecule has 22 heavy (non-hydrogen) atoms. The van der Waals surface area contributed by atoms with Gasteiger partial charge in [0.15, 0.2) is 0 Å². The molecule has 2 unspecified atom stereocenters. The maximum absolute atomic E-state index is 12.8. The summed E-state index contributed by atoms with van der Waals surface area (Å²) in [5.74, 6) is 0.306. The van der Waals surface area contributed by atoms with Gasteiger partial charge in [-0.3, -0.25) is 9.69 Å². The standard InChI is InChI=1S/C16H24FN3O.ClH/c1-12(18)14-7-9-20(10-14)11-16(21)19-8-6-13-2-4-15(17)5-3-13;/h2-5,12,14H,6-11,18H2,1H3,(H,19,21);1H. The molecular weight excluding hydrogens is 305 g/mol. The normalized spacial score (nSPS) is 19.5. The van der Waals surface area contributed by atoms with E-state index < -0.39 is 0 Å². The van der Waals surface area contributed by atoms with E-state index in [4.69, 9.17) is 5.73 Å². The molecule has 3 N–H and O–H groups in total. The highest BCUT2D eigenvalue weighted by Crippen LogP contribution is 2.17. The summed E-state index contributed by atoms with van der Waals surface area (Å²) in [5, 5.41) is 2.91. The molecule has 1 amide bonds. The van der Waals surface area contributed by atoms with E-state index in [9.17, 15) is 9.18 Å². The minimum Gasteiger partial charge on any atom is -0.355 e. The number of hydrogen-bond acceptors (Lipinski definition) is 3. The Balaban J connectivity index is 0.00000242. The van der Waals surface area contributed by atoms with Crippen LogP contribution in [0.4, 0.5) is 4.39 Å². The third kappa shape index (κ3) is 5.91. The number of carbonyl (C=O) groups is 1. The fraction of sp³-hybridized carbons (Fsp3) is 0.562. The number of nitrogens with two attached hydrogens (primary N) is 1. The van der Waals surface area contributed by atoms with Crippen LogP contribution in [0.5, 0.6) is 0 Å². The average molecular weight is 330 g/mol. The lowest BCUT2D eigenvalue weighted by Gasteiger charge is -2.17. The van der Waals surface area contributed by atoms with Crippen LogP contribution >= 0.6 is 12.4 Å². The third-order valence-corrected chi connectivity index (χ3v) is 4.07. The maximum Gasteiger partial charge on any atom is 0.234 e. The topological polar surface area (TPSA) is 58.4 Å². The van der Waals surface area contributed by atoms with Gasteiger partial charge in [0, 0.05) is 19.1 Å². The Kier molecular flexibility index (Phi) is 7.79. The minimum atomic E-state index is -0.236. The molecule has 0 aliphatic carbocycles. The van der Waals surface area contributed by atoms with E-state index in [2.05, 4.69) is 10.2 Å². The van der Waals surface area contributed by atoms with E-state index in [-0.39, 0.29) is 30.2 Å². The van der Waals surface area contributed by atoms with E-state index in [1.54, 1.807) is 12.1 Å². The zero-order valence-electron chi connectivity index (χ0n) is 12.9. The second kappa shape index (κ2) is 9.08. The third-order valence-electron chi connectivity index (χ3n) is 4.07. The zero-order valence-corrected chi connectivity index (χ0v) is 13.7. The second-order valence-corrected chi connectivity index (χ2v) is 5.87. The molecular formula is C16H25ClFN3O. The lowest BCUT2D eigenvalue weighted by Crippen LogP contribution is -2.38. The summed E-state index contributed by atoms with van der Waals surface area (Å²) >= 11 is 0. The molecule has 0 radical (unpaired) electrons. The summed E-state index contributed by atoms with van der Waals surface area (Å²) < 4.78 is 12.8. The van der Waals surface area contributed by atoms with Crippen molar-refractivity contribution in [3.8, 4) is 0 Å². The Bertz CT molecular complexity index is 467. The highest BCUT2D eigenvalue weighted by molar-refractivity contribution is 5.85. The van der Waals surface area contributed by atoms with Crippen molar-refractivity contribution in [2.24, 2.45) is 11.7 Å². The van der Waals surface area contributed by atoms with Gasteiger partial charge in [-0.1, -0.05) is 12.1 Å². The minimum absolute atomic E-state index is 0. The van der Waals surface area contributed by atoms with Crippen LogP contribution in [0.1, 0.15) is 18.9 Å². The van der Waals surface area contributed by atoms with Crippen LogP contribution in [0.2, 0.25) is 0 Å². The van der Waals surface area contributed by atoms with Crippen molar-refractivity contribution < 1.29 is 9.18 Å². The molecule has 0 bridgehead atoms. The Morgan fingerprint density at radius 2 is 2.14 bits per heavy atom. The van der Waals surface area contributed by atoms with Crippen molar-refractivity contribution in [3.05, 3.63) is 35.6 Å². The van der Waals surface area contributed by atoms with Crippen molar-refractivity contribution in [3.63, 3.8) is 0 Å². The summed E-state index contributed by atoms with van der Waals surface area (Å²) in [6, 6.07) is 6.56. The van der Waals surface area contributed by atoms with E-state index in [1.165, 1.54) is 12.1 Å². The van der Waals surface area contributed by atoms with Gasteiger partial charge in [0.2, 0.25) is 5.91 Å². The average Bonchev–Trinajstić information content (AvgIpc) is 2.90. The van der Waals surface area contributed by atoms with Crippen molar-refractivity contribution in [2.45, 2.75) is 25.8 Å². The zero-order chi connectivity index (χ0) is 15.2. The van der Waals surface area contributed by atoms with Crippen molar-refractivity contribution >= 4 is 18.3 Å². The quantitative estimate of drug-likeness (QED) is 0.833. The van der Waals surface area contributed by atoms with Crippen LogP contribution in [0.15, 0.2) is 24.3 Å². The first-order valence-corrected chi connectivity index (χ1v) is 7.53. The van der Waals surface area contributed by atoms with Gasteiger partial charge in [0.1, 0.15) is 5.82 Å². The van der Waals surface area contributed by atoms with Gasteiger partial charge in [0.25, 0.3) is 0 Å². The summed E-state index contributed by atoms with van der Waals surface area (Å²) in [6.07, 6.45) is 1.79. The van der Waals surface area contributed by atoms with Gasteiger partial charge in [0.05, 0.1) is 6.54 Å². The van der Waals surface area contributed by atoms with Crippen LogP contribution in [-0.4, -0.2) is 43.0 Å². The van der Waals surface area contributed by atoms with Crippen molar-refractivity contribution in [1.29, 1.82) is 0 Å². The van der Waals surface area contributed by atoms with E-state index in [0.717, 1.165) is 25.1 Å². The molecule has 4 nitrogen and oxygen atoms in total. The highest BCUT2D eigenvalue weighted by Gasteiger charge is 2.26. The molecule has 1 aromatic carbocycles. The van der Waals surface area contributed by atoms with E-state index in [1.807, 2.05) is 6.92 Å². The Morgan fingerprint density at radius 1 is 1.45 bits per heavy atom. The lowest BCUT2D eigenvalue weighted by molar-refractivity contribution is -0.122. The summed E-state index contributed by atoms with van der Waals surface area (Å²) in [5.41, 5.74) is 6.92. The summed E-state index contributed by atoms with van der Waals surface area (Å²) in [7, 11) is 0.